The molecule has 2 aromatic rings. The fourth-order valence-electron chi connectivity index (χ4n) is 2.55. The second kappa shape index (κ2) is 5.14. The van der Waals surface area contributed by atoms with Crippen molar-refractivity contribution in [2.75, 3.05) is 5.32 Å². The summed E-state index contributed by atoms with van der Waals surface area (Å²) in [5.41, 5.74) is 3.73. The van der Waals surface area contributed by atoms with Crippen molar-refractivity contribution < 1.29 is 0 Å². The SMILES string of the molecule is Cc1cc(Br)cnc1NC1c2ccccc2CC1Cl. The second-order valence-electron chi connectivity index (χ2n) is 4.86. The first-order valence-corrected chi connectivity index (χ1v) is 7.48. The molecule has 2 nitrogen and oxygen atoms in total. The molecule has 2 unspecified atom stereocenters. The van der Waals surface area contributed by atoms with Crippen LogP contribution in [0, 0.1) is 6.92 Å². The number of halogens is 2. The fourth-order valence-corrected chi connectivity index (χ4v) is 3.36. The van der Waals surface area contributed by atoms with Crippen molar-refractivity contribution >= 4 is 33.3 Å². The Kier molecular flexibility index (Phi) is 3.50. The summed E-state index contributed by atoms with van der Waals surface area (Å²) in [6.45, 7) is 2.05. The summed E-state index contributed by atoms with van der Waals surface area (Å²) in [6.07, 6.45) is 2.71. The van der Waals surface area contributed by atoms with Crippen molar-refractivity contribution in [3.63, 3.8) is 0 Å². The number of rotatable bonds is 2. The Labute approximate surface area is 126 Å². The number of fused-ring (bicyclic) bond motifs is 1. The summed E-state index contributed by atoms with van der Waals surface area (Å²) >= 11 is 9.91. The van der Waals surface area contributed by atoms with Crippen LogP contribution in [0.15, 0.2) is 41.0 Å². The summed E-state index contributed by atoms with van der Waals surface area (Å²) in [7, 11) is 0. The van der Waals surface area contributed by atoms with E-state index in [9.17, 15) is 0 Å². The molecule has 19 heavy (non-hydrogen) atoms. The molecule has 1 N–H and O–H groups in total. The molecule has 1 aromatic carbocycles. The van der Waals surface area contributed by atoms with Gasteiger partial charge in [-0.15, -0.1) is 11.6 Å². The molecule has 0 saturated heterocycles. The highest BCUT2D eigenvalue weighted by Crippen LogP contribution is 2.37. The molecule has 1 aliphatic rings. The van der Waals surface area contributed by atoms with Crippen LogP contribution in [0.2, 0.25) is 0 Å². The van der Waals surface area contributed by atoms with E-state index >= 15 is 0 Å². The molecule has 0 bridgehead atoms. The molecule has 1 aliphatic carbocycles. The number of pyridine rings is 1. The van der Waals surface area contributed by atoms with Gasteiger partial charge >= 0.3 is 0 Å². The Hall–Kier alpha value is -1.06. The van der Waals surface area contributed by atoms with Crippen molar-refractivity contribution in [3.8, 4) is 0 Å². The molecular formula is C15H14BrClN2. The largest absolute Gasteiger partial charge is 0.362 e. The van der Waals surface area contributed by atoms with E-state index in [1.54, 1.807) is 6.20 Å². The number of hydrogen-bond donors (Lipinski definition) is 1. The van der Waals surface area contributed by atoms with Crippen LogP contribution in [0.5, 0.6) is 0 Å². The lowest BCUT2D eigenvalue weighted by molar-refractivity contribution is 0.765. The molecule has 0 aliphatic heterocycles. The molecule has 1 aromatic heterocycles. The highest BCUT2D eigenvalue weighted by Gasteiger charge is 2.31. The summed E-state index contributed by atoms with van der Waals surface area (Å²) in [5, 5.41) is 3.55. The number of aryl methyl sites for hydroxylation is 1. The van der Waals surface area contributed by atoms with Crippen molar-refractivity contribution in [2.45, 2.75) is 24.8 Å². The van der Waals surface area contributed by atoms with E-state index in [2.05, 4.69) is 56.6 Å². The van der Waals surface area contributed by atoms with Crippen LogP contribution in [0.25, 0.3) is 0 Å². The number of aromatic nitrogens is 1. The molecule has 4 heteroatoms. The monoisotopic (exact) mass is 336 g/mol. The topological polar surface area (TPSA) is 24.9 Å². The van der Waals surface area contributed by atoms with Gasteiger partial charge in [0, 0.05) is 10.7 Å². The first kappa shape index (κ1) is 12.9. The molecular weight excluding hydrogens is 324 g/mol. The van der Waals surface area contributed by atoms with Crippen LogP contribution in [-0.4, -0.2) is 10.4 Å². The highest BCUT2D eigenvalue weighted by atomic mass is 79.9. The van der Waals surface area contributed by atoms with Gasteiger partial charge in [-0.25, -0.2) is 4.98 Å². The third-order valence-corrected chi connectivity index (χ3v) is 4.34. The van der Waals surface area contributed by atoms with E-state index in [0.717, 1.165) is 22.3 Å². The standard InChI is InChI=1S/C15H14BrClN2/c1-9-6-11(16)8-18-15(9)19-14-12-5-3-2-4-10(12)7-13(14)17/h2-6,8,13-14H,7H2,1H3,(H,18,19). The second-order valence-corrected chi connectivity index (χ2v) is 6.34. The Morgan fingerprint density at radius 2 is 2.16 bits per heavy atom. The summed E-state index contributed by atoms with van der Waals surface area (Å²) < 4.78 is 0.991. The Balaban J connectivity index is 1.91. The van der Waals surface area contributed by atoms with Crippen molar-refractivity contribution in [3.05, 3.63) is 57.7 Å². The zero-order valence-electron chi connectivity index (χ0n) is 10.5. The van der Waals surface area contributed by atoms with Crippen LogP contribution in [-0.2, 0) is 6.42 Å². The van der Waals surface area contributed by atoms with Crippen LogP contribution < -0.4 is 5.32 Å². The van der Waals surface area contributed by atoms with Crippen LogP contribution in [0.4, 0.5) is 5.82 Å². The number of alkyl halides is 1. The fraction of sp³-hybridized carbons (Fsp3) is 0.267. The summed E-state index contributed by atoms with van der Waals surface area (Å²) in [4.78, 5) is 4.43. The minimum absolute atomic E-state index is 0.0715. The molecule has 1 heterocycles. The molecule has 0 radical (unpaired) electrons. The Morgan fingerprint density at radius 3 is 2.95 bits per heavy atom. The van der Waals surface area contributed by atoms with Crippen molar-refractivity contribution in [1.29, 1.82) is 0 Å². The van der Waals surface area contributed by atoms with Gasteiger partial charge in [-0.05, 0) is 52.0 Å². The lowest BCUT2D eigenvalue weighted by atomic mass is 10.1. The van der Waals surface area contributed by atoms with E-state index in [4.69, 9.17) is 11.6 Å². The molecule has 0 saturated carbocycles. The average molecular weight is 338 g/mol. The van der Waals surface area contributed by atoms with Gasteiger partial charge in [-0.1, -0.05) is 24.3 Å². The predicted molar refractivity (Wildman–Crippen MR) is 82.8 cm³/mol. The van der Waals surface area contributed by atoms with Gasteiger partial charge in [0.25, 0.3) is 0 Å². The van der Waals surface area contributed by atoms with Gasteiger partial charge in [0.15, 0.2) is 0 Å². The van der Waals surface area contributed by atoms with Gasteiger partial charge in [-0.2, -0.15) is 0 Å². The van der Waals surface area contributed by atoms with Crippen LogP contribution in [0.1, 0.15) is 22.7 Å². The Morgan fingerprint density at radius 1 is 1.37 bits per heavy atom. The lowest BCUT2D eigenvalue weighted by Crippen LogP contribution is -2.18. The summed E-state index contributed by atoms with van der Waals surface area (Å²) in [6, 6.07) is 10.6. The van der Waals surface area contributed by atoms with E-state index in [-0.39, 0.29) is 11.4 Å². The molecule has 3 rings (SSSR count). The van der Waals surface area contributed by atoms with Gasteiger partial charge < -0.3 is 5.32 Å². The van der Waals surface area contributed by atoms with E-state index < -0.39 is 0 Å². The number of nitrogens with zero attached hydrogens (tertiary/aromatic N) is 1. The van der Waals surface area contributed by atoms with Gasteiger partial charge in [-0.3, -0.25) is 0 Å². The Bertz CT molecular complexity index is 615. The zero-order chi connectivity index (χ0) is 13.4. The number of anilines is 1. The zero-order valence-corrected chi connectivity index (χ0v) is 12.9. The minimum atomic E-state index is 0.0715. The van der Waals surface area contributed by atoms with Gasteiger partial charge in [0.1, 0.15) is 5.82 Å². The minimum Gasteiger partial charge on any atom is -0.362 e. The van der Waals surface area contributed by atoms with E-state index in [1.807, 2.05) is 6.92 Å². The van der Waals surface area contributed by atoms with Crippen LogP contribution in [0.3, 0.4) is 0 Å². The van der Waals surface area contributed by atoms with Gasteiger partial charge in [0.05, 0.1) is 11.4 Å². The lowest BCUT2D eigenvalue weighted by Gasteiger charge is -2.19. The third kappa shape index (κ3) is 2.49. The summed E-state index contributed by atoms with van der Waals surface area (Å²) in [5.74, 6) is 0.899. The van der Waals surface area contributed by atoms with Crippen molar-refractivity contribution in [2.24, 2.45) is 0 Å². The predicted octanol–water partition coefficient (Wildman–Crippen LogP) is 4.47. The number of nitrogens with one attached hydrogen (secondary N) is 1. The molecule has 98 valence electrons. The van der Waals surface area contributed by atoms with E-state index in [1.165, 1.54) is 11.1 Å². The normalized spacial score (nSPS) is 21.2. The van der Waals surface area contributed by atoms with E-state index in [0.29, 0.717) is 0 Å². The third-order valence-electron chi connectivity index (χ3n) is 3.50. The number of benzene rings is 1. The maximum atomic E-state index is 6.48. The first-order valence-electron chi connectivity index (χ1n) is 6.25. The molecule has 0 fully saturated rings. The molecule has 2 atom stereocenters. The molecule has 0 amide bonds. The van der Waals surface area contributed by atoms with Gasteiger partial charge in [0.2, 0.25) is 0 Å². The maximum absolute atomic E-state index is 6.48. The average Bonchev–Trinajstić information content (AvgIpc) is 2.69. The van der Waals surface area contributed by atoms with Crippen LogP contribution >= 0.6 is 27.5 Å². The smallest absolute Gasteiger partial charge is 0.129 e. The molecule has 0 spiro atoms. The first-order chi connectivity index (χ1) is 9.15. The maximum Gasteiger partial charge on any atom is 0.129 e. The number of hydrogen-bond acceptors (Lipinski definition) is 2. The highest BCUT2D eigenvalue weighted by molar-refractivity contribution is 9.10. The quantitative estimate of drug-likeness (QED) is 0.818. The van der Waals surface area contributed by atoms with Crippen molar-refractivity contribution in [1.82, 2.24) is 4.98 Å².